The molecule has 0 saturated carbocycles. The number of H-pyrrole nitrogens is 1. The number of fused-ring (bicyclic) bond motifs is 1. The highest BCUT2D eigenvalue weighted by Gasteiger charge is 2.33. The Hall–Kier alpha value is -3.88. The topological polar surface area (TPSA) is 108 Å². The van der Waals surface area contributed by atoms with Crippen LogP contribution in [-0.4, -0.2) is 44.9 Å². The molecule has 0 radical (unpaired) electrons. The first-order valence-electron chi connectivity index (χ1n) is 7.89. The Kier molecular flexibility index (Phi) is 3.76. The van der Waals surface area contributed by atoms with Crippen LogP contribution in [-0.2, 0) is 0 Å². The molecule has 0 fully saturated rings. The minimum atomic E-state index is -0.519. The van der Waals surface area contributed by atoms with Crippen molar-refractivity contribution >= 4 is 23.4 Å². The summed E-state index contributed by atoms with van der Waals surface area (Å²) >= 11 is 0. The molecule has 0 atom stereocenters. The Morgan fingerprint density at radius 3 is 2.59 bits per heavy atom. The number of nitrogens with one attached hydrogen (secondary N) is 2. The van der Waals surface area contributed by atoms with E-state index in [1.807, 2.05) is 0 Å². The van der Waals surface area contributed by atoms with Crippen molar-refractivity contribution in [1.29, 1.82) is 0 Å². The van der Waals surface area contributed by atoms with Crippen molar-refractivity contribution in [2.24, 2.45) is 0 Å². The van der Waals surface area contributed by atoms with E-state index in [0.717, 1.165) is 4.90 Å². The molecule has 27 heavy (non-hydrogen) atoms. The van der Waals surface area contributed by atoms with Crippen LogP contribution in [0, 0.1) is 5.82 Å². The van der Waals surface area contributed by atoms with Gasteiger partial charge in [-0.15, -0.1) is 0 Å². The maximum atomic E-state index is 14.0. The van der Waals surface area contributed by atoms with Crippen LogP contribution in [0.4, 0.5) is 10.1 Å². The van der Waals surface area contributed by atoms with Crippen LogP contribution in [0.5, 0.6) is 0 Å². The first-order chi connectivity index (χ1) is 13.0. The van der Waals surface area contributed by atoms with Gasteiger partial charge < -0.3 is 5.32 Å². The van der Waals surface area contributed by atoms with E-state index >= 15 is 0 Å². The number of hydrogen-bond donors (Lipinski definition) is 2. The van der Waals surface area contributed by atoms with Gasteiger partial charge in [0, 0.05) is 18.3 Å². The molecule has 2 aromatic carbocycles. The fourth-order valence-electron chi connectivity index (χ4n) is 2.83. The summed E-state index contributed by atoms with van der Waals surface area (Å²) in [6, 6.07) is 8.30. The second kappa shape index (κ2) is 6.13. The number of aromatic amines is 1. The van der Waals surface area contributed by atoms with E-state index in [4.69, 9.17) is 0 Å². The van der Waals surface area contributed by atoms with Crippen molar-refractivity contribution in [2.75, 3.05) is 12.4 Å². The van der Waals surface area contributed by atoms with Gasteiger partial charge in [-0.25, -0.2) is 9.37 Å². The first-order valence-corrected chi connectivity index (χ1v) is 7.89. The van der Waals surface area contributed by atoms with E-state index in [-0.39, 0.29) is 28.1 Å². The molecular formula is C18H12FN5O3. The van der Waals surface area contributed by atoms with E-state index in [2.05, 4.69) is 20.5 Å². The standard InChI is InChI=1S/C18H12FN5O3/c1-24-17(26)11-4-2-9(6-12(11)18(24)27)16(25)22-10-3-5-14(19)13(7-10)15-20-8-21-23-15/h2-8H,1H3,(H,22,25)(H,20,21,23). The zero-order chi connectivity index (χ0) is 19.1. The maximum Gasteiger partial charge on any atom is 0.261 e. The van der Waals surface area contributed by atoms with Crippen molar-refractivity contribution in [3.8, 4) is 11.4 Å². The number of benzene rings is 2. The average molecular weight is 365 g/mol. The van der Waals surface area contributed by atoms with Crippen LogP contribution >= 0.6 is 0 Å². The van der Waals surface area contributed by atoms with Gasteiger partial charge in [0.1, 0.15) is 12.1 Å². The normalized spacial score (nSPS) is 13.0. The summed E-state index contributed by atoms with van der Waals surface area (Å²) in [7, 11) is 1.38. The zero-order valence-corrected chi connectivity index (χ0v) is 14.0. The summed E-state index contributed by atoms with van der Waals surface area (Å²) in [6.45, 7) is 0. The summed E-state index contributed by atoms with van der Waals surface area (Å²) in [6.07, 6.45) is 1.25. The van der Waals surface area contributed by atoms with E-state index in [1.54, 1.807) is 0 Å². The first kappa shape index (κ1) is 16.6. The Balaban J connectivity index is 1.62. The fraction of sp³-hybridized carbons (Fsp3) is 0.0556. The van der Waals surface area contributed by atoms with Gasteiger partial charge in [-0.2, -0.15) is 5.10 Å². The van der Waals surface area contributed by atoms with Crippen molar-refractivity contribution in [1.82, 2.24) is 20.1 Å². The number of carbonyl (C=O) groups excluding carboxylic acids is 3. The average Bonchev–Trinajstić information content (AvgIpc) is 3.27. The lowest BCUT2D eigenvalue weighted by Gasteiger charge is -2.08. The van der Waals surface area contributed by atoms with Gasteiger partial charge in [-0.3, -0.25) is 24.4 Å². The van der Waals surface area contributed by atoms with E-state index in [9.17, 15) is 18.8 Å². The molecule has 4 rings (SSSR count). The Morgan fingerprint density at radius 2 is 1.85 bits per heavy atom. The van der Waals surface area contributed by atoms with E-state index in [1.165, 1.54) is 49.8 Å². The minimum Gasteiger partial charge on any atom is -0.322 e. The molecule has 1 aliphatic rings. The van der Waals surface area contributed by atoms with Crippen LogP contribution in [0.25, 0.3) is 11.4 Å². The number of rotatable bonds is 3. The molecule has 0 aliphatic carbocycles. The van der Waals surface area contributed by atoms with Crippen LogP contribution in [0.1, 0.15) is 31.1 Å². The lowest BCUT2D eigenvalue weighted by Crippen LogP contribution is -2.24. The maximum absolute atomic E-state index is 14.0. The van der Waals surface area contributed by atoms with Gasteiger partial charge in [0.2, 0.25) is 0 Å². The highest BCUT2D eigenvalue weighted by molar-refractivity contribution is 6.22. The number of hydrogen-bond acceptors (Lipinski definition) is 5. The third-order valence-corrected chi connectivity index (χ3v) is 4.25. The molecule has 0 unspecified atom stereocenters. The van der Waals surface area contributed by atoms with Gasteiger partial charge in [0.05, 0.1) is 16.7 Å². The molecule has 0 spiro atoms. The quantitative estimate of drug-likeness (QED) is 0.691. The summed E-state index contributed by atoms with van der Waals surface area (Å²) in [5.74, 6) is -1.65. The number of anilines is 1. The van der Waals surface area contributed by atoms with E-state index in [0.29, 0.717) is 5.69 Å². The summed E-state index contributed by atoms with van der Waals surface area (Å²) < 4.78 is 14.0. The molecule has 2 N–H and O–H groups in total. The predicted molar refractivity (Wildman–Crippen MR) is 92.6 cm³/mol. The molecule has 134 valence electrons. The zero-order valence-electron chi connectivity index (χ0n) is 14.0. The molecule has 8 nitrogen and oxygen atoms in total. The molecular weight excluding hydrogens is 353 g/mol. The molecule has 1 aromatic heterocycles. The number of aromatic nitrogens is 3. The van der Waals surface area contributed by atoms with Gasteiger partial charge in [0.15, 0.2) is 5.82 Å². The molecule has 0 saturated heterocycles. The third kappa shape index (κ3) is 2.74. The number of amides is 3. The van der Waals surface area contributed by atoms with E-state index < -0.39 is 23.5 Å². The lowest BCUT2D eigenvalue weighted by molar-refractivity contribution is 0.0693. The summed E-state index contributed by atoms with van der Waals surface area (Å²) in [4.78, 5) is 41.4. The van der Waals surface area contributed by atoms with Gasteiger partial charge >= 0.3 is 0 Å². The SMILES string of the molecule is CN1C(=O)c2ccc(C(=O)Nc3ccc(F)c(-c4ncn[nH]4)c3)cc2C1=O. The Morgan fingerprint density at radius 1 is 1.07 bits per heavy atom. The van der Waals surface area contributed by atoms with Crippen LogP contribution in [0.2, 0.25) is 0 Å². The van der Waals surface area contributed by atoms with Crippen molar-refractivity contribution in [3.05, 3.63) is 65.2 Å². The van der Waals surface area contributed by atoms with Crippen molar-refractivity contribution in [2.45, 2.75) is 0 Å². The van der Waals surface area contributed by atoms with Crippen LogP contribution in [0.3, 0.4) is 0 Å². The monoisotopic (exact) mass is 365 g/mol. The number of imide groups is 1. The predicted octanol–water partition coefficient (Wildman–Crippen LogP) is 2.09. The van der Waals surface area contributed by atoms with Gasteiger partial charge in [-0.1, -0.05) is 0 Å². The second-order valence-electron chi connectivity index (χ2n) is 5.91. The van der Waals surface area contributed by atoms with Gasteiger partial charge in [0.25, 0.3) is 17.7 Å². The number of nitrogens with zero attached hydrogens (tertiary/aromatic N) is 3. The molecule has 9 heteroatoms. The second-order valence-corrected chi connectivity index (χ2v) is 5.91. The van der Waals surface area contributed by atoms with Crippen molar-refractivity contribution < 1.29 is 18.8 Å². The molecule has 3 aromatic rings. The molecule has 2 heterocycles. The Bertz CT molecular complexity index is 1090. The van der Waals surface area contributed by atoms with Crippen molar-refractivity contribution in [3.63, 3.8) is 0 Å². The largest absolute Gasteiger partial charge is 0.322 e. The molecule has 1 aliphatic heterocycles. The van der Waals surface area contributed by atoms with Gasteiger partial charge in [-0.05, 0) is 36.4 Å². The van der Waals surface area contributed by atoms with Crippen LogP contribution in [0.15, 0.2) is 42.7 Å². The molecule has 3 amide bonds. The smallest absolute Gasteiger partial charge is 0.261 e. The molecule has 0 bridgehead atoms. The fourth-order valence-corrected chi connectivity index (χ4v) is 2.83. The number of halogens is 1. The number of carbonyl (C=O) groups is 3. The highest BCUT2D eigenvalue weighted by atomic mass is 19.1. The summed E-state index contributed by atoms with van der Waals surface area (Å²) in [5.41, 5.74) is 1.13. The van der Waals surface area contributed by atoms with Crippen LogP contribution < -0.4 is 5.32 Å². The lowest BCUT2D eigenvalue weighted by atomic mass is 10.1. The summed E-state index contributed by atoms with van der Waals surface area (Å²) in [5, 5.41) is 8.88. The third-order valence-electron chi connectivity index (χ3n) is 4.25. The minimum absolute atomic E-state index is 0.154. The highest BCUT2D eigenvalue weighted by Crippen LogP contribution is 2.25. The Labute approximate surface area is 152 Å².